The van der Waals surface area contributed by atoms with E-state index in [-0.39, 0.29) is 35.8 Å². The van der Waals surface area contributed by atoms with Crippen molar-refractivity contribution in [3.8, 4) is 17.6 Å². The number of hydrogen-bond acceptors (Lipinski definition) is 1. The number of rotatable bonds is 6. The molecule has 4 rings (SSSR count). The first-order valence-corrected chi connectivity index (χ1v) is 10.9. The van der Waals surface area contributed by atoms with E-state index in [2.05, 4.69) is 18.4 Å². The zero-order chi connectivity index (χ0) is 25.8. The third-order valence-corrected chi connectivity index (χ3v) is 5.48. The van der Waals surface area contributed by atoms with Crippen molar-refractivity contribution in [2.24, 2.45) is 0 Å². The Morgan fingerprint density at radius 3 is 2.17 bits per heavy atom. The molecule has 0 heterocycles. The Labute approximate surface area is 203 Å². The molecule has 0 amide bonds. The Kier molecular flexibility index (Phi) is 7.35. The first kappa shape index (κ1) is 24.9. The molecule has 0 spiro atoms. The molecular weight excluding hydrogens is 478 g/mol. The molecule has 0 fully saturated rings. The van der Waals surface area contributed by atoms with Crippen molar-refractivity contribution in [3.63, 3.8) is 0 Å². The summed E-state index contributed by atoms with van der Waals surface area (Å²) in [5.41, 5.74) is 0.437. The van der Waals surface area contributed by atoms with Crippen LogP contribution < -0.4 is 4.74 Å². The number of hydrogen-bond donors (Lipinski definition) is 0. The lowest BCUT2D eigenvalue weighted by Gasteiger charge is -2.08. The van der Waals surface area contributed by atoms with E-state index in [1.165, 1.54) is 30.3 Å². The van der Waals surface area contributed by atoms with Crippen LogP contribution in [0.5, 0.6) is 5.75 Å². The fraction of sp³-hybridized carbons (Fsp3) is 0.103. The lowest BCUT2D eigenvalue weighted by molar-refractivity contribution is 0.360. The van der Waals surface area contributed by atoms with Crippen LogP contribution in [0.3, 0.4) is 0 Å². The van der Waals surface area contributed by atoms with Gasteiger partial charge in [0.25, 0.3) is 0 Å². The molecule has 7 heteroatoms. The van der Waals surface area contributed by atoms with Gasteiger partial charge in [-0.15, -0.1) is 0 Å². The van der Waals surface area contributed by atoms with Gasteiger partial charge in [-0.25, -0.2) is 26.3 Å². The standard InChI is InChI=1S/C29H18F6O/c1-2-11-36-21-8-7-19(24(30)16-21)6-3-18-13-25(31)23(26(32)14-18)10-5-17-4-9-22-20(12-17)15-27(33)29(35)28(22)34/h2,4,7-9,12-16H,1,3,6,11H2. The monoisotopic (exact) mass is 496 g/mol. The quantitative estimate of drug-likeness (QED) is 0.117. The molecule has 0 aliphatic heterocycles. The molecule has 0 bridgehead atoms. The Balaban J connectivity index is 1.52. The molecule has 182 valence electrons. The largest absolute Gasteiger partial charge is 0.489 e. The predicted molar refractivity (Wildman–Crippen MR) is 126 cm³/mol. The highest BCUT2D eigenvalue weighted by atomic mass is 19.2. The second kappa shape index (κ2) is 10.6. The Morgan fingerprint density at radius 1 is 0.722 bits per heavy atom. The summed E-state index contributed by atoms with van der Waals surface area (Å²) in [7, 11) is 0. The summed E-state index contributed by atoms with van der Waals surface area (Å²) < 4.78 is 89.6. The van der Waals surface area contributed by atoms with Crippen LogP contribution in [0.4, 0.5) is 26.3 Å². The van der Waals surface area contributed by atoms with Gasteiger partial charge in [0.05, 0.1) is 5.56 Å². The second-order valence-corrected chi connectivity index (χ2v) is 7.96. The fourth-order valence-corrected chi connectivity index (χ4v) is 3.66. The van der Waals surface area contributed by atoms with E-state index in [0.29, 0.717) is 16.9 Å². The first-order valence-electron chi connectivity index (χ1n) is 10.9. The van der Waals surface area contributed by atoms with E-state index in [1.54, 1.807) is 12.1 Å². The van der Waals surface area contributed by atoms with Crippen molar-refractivity contribution in [3.05, 3.63) is 124 Å². The summed E-state index contributed by atoms with van der Waals surface area (Å²) in [5, 5.41) is -0.0847. The average molecular weight is 496 g/mol. The van der Waals surface area contributed by atoms with Gasteiger partial charge in [-0.1, -0.05) is 36.6 Å². The maximum atomic E-state index is 14.6. The summed E-state index contributed by atoms with van der Waals surface area (Å²) in [6.07, 6.45) is 1.93. The van der Waals surface area contributed by atoms with E-state index in [4.69, 9.17) is 4.74 Å². The van der Waals surface area contributed by atoms with E-state index >= 15 is 0 Å². The van der Waals surface area contributed by atoms with Gasteiger partial charge in [0, 0.05) is 17.0 Å². The SMILES string of the molecule is C=CCOc1ccc(CCc2cc(F)c(C#Cc3ccc4c(F)c(F)c(F)cc4c3)c(F)c2)c(F)c1. The highest BCUT2D eigenvalue weighted by molar-refractivity contribution is 5.84. The lowest BCUT2D eigenvalue weighted by Crippen LogP contribution is -2.00. The van der Waals surface area contributed by atoms with Crippen LogP contribution in [0.15, 0.2) is 67.3 Å². The molecule has 0 aromatic heterocycles. The Bertz CT molecular complexity index is 1510. The molecule has 0 radical (unpaired) electrons. The Morgan fingerprint density at radius 2 is 1.47 bits per heavy atom. The highest BCUT2D eigenvalue weighted by Gasteiger charge is 2.14. The maximum Gasteiger partial charge on any atom is 0.195 e. The van der Waals surface area contributed by atoms with E-state index in [0.717, 1.165) is 18.2 Å². The third-order valence-electron chi connectivity index (χ3n) is 5.48. The van der Waals surface area contributed by atoms with E-state index in [1.807, 2.05) is 0 Å². The average Bonchev–Trinajstić information content (AvgIpc) is 2.85. The van der Waals surface area contributed by atoms with Gasteiger partial charge in [0.1, 0.15) is 29.8 Å². The molecule has 4 aromatic rings. The molecule has 0 saturated heterocycles. The molecule has 36 heavy (non-hydrogen) atoms. The van der Waals surface area contributed by atoms with Crippen LogP contribution in [0.2, 0.25) is 0 Å². The van der Waals surface area contributed by atoms with Gasteiger partial charge in [-0.2, -0.15) is 0 Å². The molecule has 0 atom stereocenters. The number of fused-ring (bicyclic) bond motifs is 1. The van der Waals surface area contributed by atoms with Gasteiger partial charge in [-0.05, 0) is 65.8 Å². The summed E-state index contributed by atoms with van der Waals surface area (Å²) >= 11 is 0. The van der Waals surface area contributed by atoms with Crippen molar-refractivity contribution < 1.29 is 31.1 Å². The van der Waals surface area contributed by atoms with Crippen LogP contribution in [0.25, 0.3) is 10.8 Å². The van der Waals surface area contributed by atoms with Crippen molar-refractivity contribution in [1.82, 2.24) is 0 Å². The smallest absolute Gasteiger partial charge is 0.195 e. The van der Waals surface area contributed by atoms with Gasteiger partial charge in [0.15, 0.2) is 17.5 Å². The summed E-state index contributed by atoms with van der Waals surface area (Å²) in [6.45, 7) is 3.76. The first-order chi connectivity index (χ1) is 17.3. The highest BCUT2D eigenvalue weighted by Crippen LogP contribution is 2.24. The van der Waals surface area contributed by atoms with E-state index in [9.17, 15) is 26.3 Å². The Hall–Kier alpha value is -4.18. The molecular formula is C29H18F6O. The maximum absolute atomic E-state index is 14.6. The minimum atomic E-state index is -1.58. The minimum absolute atomic E-state index is 0.0574. The zero-order valence-electron chi connectivity index (χ0n) is 18.8. The van der Waals surface area contributed by atoms with Crippen molar-refractivity contribution >= 4 is 10.8 Å². The van der Waals surface area contributed by atoms with Crippen LogP contribution >= 0.6 is 0 Å². The normalized spacial score (nSPS) is 10.7. The number of benzene rings is 4. The van der Waals surface area contributed by atoms with Crippen LogP contribution in [0.1, 0.15) is 22.3 Å². The molecule has 0 N–H and O–H groups in total. The topological polar surface area (TPSA) is 9.23 Å². The van der Waals surface area contributed by atoms with Crippen LogP contribution in [-0.2, 0) is 12.8 Å². The summed E-state index contributed by atoms with van der Waals surface area (Å²) in [5.74, 6) is -1.24. The van der Waals surface area contributed by atoms with Crippen molar-refractivity contribution in [2.45, 2.75) is 12.8 Å². The molecule has 4 aromatic carbocycles. The van der Waals surface area contributed by atoms with Gasteiger partial charge < -0.3 is 4.74 Å². The van der Waals surface area contributed by atoms with E-state index < -0.39 is 40.5 Å². The molecule has 0 saturated carbocycles. The fourth-order valence-electron chi connectivity index (χ4n) is 3.66. The molecule has 1 nitrogen and oxygen atoms in total. The number of aryl methyl sites for hydroxylation is 2. The van der Waals surface area contributed by atoms with Crippen molar-refractivity contribution in [1.29, 1.82) is 0 Å². The number of halogens is 6. The molecule has 0 aliphatic carbocycles. The van der Waals surface area contributed by atoms with Gasteiger partial charge in [-0.3, -0.25) is 0 Å². The predicted octanol–water partition coefficient (Wildman–Crippen LogP) is 7.42. The lowest BCUT2D eigenvalue weighted by atomic mass is 10.0. The third kappa shape index (κ3) is 5.38. The molecule has 0 aliphatic rings. The second-order valence-electron chi connectivity index (χ2n) is 7.96. The van der Waals surface area contributed by atoms with Gasteiger partial charge in [0.2, 0.25) is 0 Å². The summed E-state index contributed by atoms with van der Waals surface area (Å²) in [4.78, 5) is 0. The van der Waals surface area contributed by atoms with Crippen molar-refractivity contribution in [2.75, 3.05) is 6.61 Å². The van der Waals surface area contributed by atoms with Gasteiger partial charge >= 0.3 is 0 Å². The zero-order valence-corrected chi connectivity index (χ0v) is 18.8. The van der Waals surface area contributed by atoms with Crippen LogP contribution in [0, 0.1) is 46.7 Å². The molecule has 0 unspecified atom stereocenters. The summed E-state index contributed by atoms with van der Waals surface area (Å²) in [6, 6.07) is 11.3. The minimum Gasteiger partial charge on any atom is -0.489 e. The van der Waals surface area contributed by atoms with Crippen LogP contribution in [-0.4, -0.2) is 6.61 Å². The number of ether oxygens (including phenoxy) is 1.